The lowest BCUT2D eigenvalue weighted by atomic mass is 9.88. The molecule has 1 atom stereocenters. The number of fused-ring (bicyclic) bond motifs is 2. The lowest BCUT2D eigenvalue weighted by Crippen LogP contribution is -2.36. The van der Waals surface area contributed by atoms with Gasteiger partial charge in [-0.3, -0.25) is 0 Å². The number of rotatable bonds is 5. The summed E-state index contributed by atoms with van der Waals surface area (Å²) in [4.78, 5) is 6.10. The van der Waals surface area contributed by atoms with Gasteiger partial charge in [0, 0.05) is 28.7 Å². The smallest absolute Gasteiger partial charge is 0.119 e. The van der Waals surface area contributed by atoms with Gasteiger partial charge in [-0.25, -0.2) is 0 Å². The molecular formula is C26H31ClN2O. The van der Waals surface area contributed by atoms with E-state index in [4.69, 9.17) is 16.3 Å². The Bertz CT molecular complexity index is 1030. The van der Waals surface area contributed by atoms with Crippen LogP contribution in [0.1, 0.15) is 49.3 Å². The monoisotopic (exact) mass is 422 g/mol. The summed E-state index contributed by atoms with van der Waals surface area (Å²) in [5, 5.41) is 2.13. The highest BCUT2D eigenvalue weighted by Crippen LogP contribution is 2.35. The second-order valence-corrected chi connectivity index (χ2v) is 9.82. The number of H-pyrrole nitrogens is 1. The van der Waals surface area contributed by atoms with Crippen LogP contribution in [0.2, 0.25) is 5.02 Å². The third-order valence-electron chi connectivity index (χ3n) is 6.79. The van der Waals surface area contributed by atoms with Crippen molar-refractivity contribution in [3.8, 4) is 5.75 Å². The van der Waals surface area contributed by atoms with Crippen LogP contribution in [0.25, 0.3) is 10.9 Å². The van der Waals surface area contributed by atoms with Crippen LogP contribution in [0.15, 0.2) is 42.6 Å². The number of nitrogens with one attached hydrogen (secondary N) is 1. The third kappa shape index (κ3) is 4.10. The van der Waals surface area contributed by atoms with Gasteiger partial charge in [-0.05, 0) is 105 Å². The Labute approximate surface area is 184 Å². The summed E-state index contributed by atoms with van der Waals surface area (Å²) < 4.78 is 5.89. The Balaban J connectivity index is 1.17. The molecule has 5 rings (SSSR count). The third-order valence-corrected chi connectivity index (χ3v) is 7.02. The summed E-state index contributed by atoms with van der Waals surface area (Å²) in [6.07, 6.45) is 7.30. The minimum absolute atomic E-state index is 0.232. The molecular weight excluding hydrogens is 392 g/mol. The highest BCUT2D eigenvalue weighted by atomic mass is 35.5. The van der Waals surface area contributed by atoms with Crippen molar-refractivity contribution in [1.82, 2.24) is 9.88 Å². The van der Waals surface area contributed by atoms with E-state index in [0.717, 1.165) is 22.2 Å². The van der Waals surface area contributed by atoms with Crippen LogP contribution in [0.5, 0.6) is 5.75 Å². The predicted octanol–water partition coefficient (Wildman–Crippen LogP) is 6.20. The Hall–Kier alpha value is -1.97. The Kier molecular flexibility index (Phi) is 5.51. The van der Waals surface area contributed by atoms with Crippen molar-refractivity contribution < 1.29 is 4.74 Å². The first-order chi connectivity index (χ1) is 14.5. The van der Waals surface area contributed by atoms with Crippen molar-refractivity contribution in [3.63, 3.8) is 0 Å². The molecule has 1 unspecified atom stereocenters. The van der Waals surface area contributed by atoms with Gasteiger partial charge in [0.05, 0.1) is 6.10 Å². The first kappa shape index (κ1) is 20.0. The van der Waals surface area contributed by atoms with Gasteiger partial charge in [0.2, 0.25) is 0 Å². The molecule has 0 amide bonds. The van der Waals surface area contributed by atoms with Crippen LogP contribution < -0.4 is 4.74 Å². The molecule has 0 spiro atoms. The fraction of sp³-hybridized carbons (Fsp3) is 0.462. The summed E-state index contributed by atoms with van der Waals surface area (Å²) >= 11 is 6.14. The molecule has 1 N–H and O–H groups in total. The fourth-order valence-electron chi connectivity index (χ4n) is 5.41. The molecule has 1 saturated heterocycles. The molecule has 0 saturated carbocycles. The van der Waals surface area contributed by atoms with Crippen molar-refractivity contribution in [3.05, 3.63) is 64.3 Å². The summed E-state index contributed by atoms with van der Waals surface area (Å²) in [5.74, 6) is 2.40. The molecule has 3 aromatic rings. The highest BCUT2D eigenvalue weighted by Gasteiger charge is 2.27. The van der Waals surface area contributed by atoms with Crippen molar-refractivity contribution in [1.29, 1.82) is 0 Å². The molecule has 30 heavy (non-hydrogen) atoms. The first-order valence-corrected chi connectivity index (χ1v) is 11.7. The molecule has 0 radical (unpaired) electrons. The minimum Gasteiger partial charge on any atom is -0.491 e. The summed E-state index contributed by atoms with van der Waals surface area (Å²) in [6, 6.07) is 12.9. The van der Waals surface area contributed by atoms with E-state index in [9.17, 15) is 0 Å². The Morgan fingerprint density at radius 3 is 2.67 bits per heavy atom. The molecule has 4 heteroatoms. The summed E-state index contributed by atoms with van der Waals surface area (Å²) in [6.45, 7) is 7.78. The van der Waals surface area contributed by atoms with Gasteiger partial charge in [-0.15, -0.1) is 0 Å². The summed E-state index contributed by atoms with van der Waals surface area (Å²) in [7, 11) is 0. The lowest BCUT2D eigenvalue weighted by Gasteiger charge is -2.33. The zero-order chi connectivity index (χ0) is 20.7. The van der Waals surface area contributed by atoms with Crippen molar-refractivity contribution in [2.45, 2.75) is 51.6 Å². The second kappa shape index (κ2) is 8.28. The van der Waals surface area contributed by atoms with Crippen LogP contribution in [-0.4, -0.2) is 35.6 Å². The maximum atomic E-state index is 6.14. The molecule has 2 aliphatic rings. The van der Waals surface area contributed by atoms with Crippen LogP contribution in [0.4, 0.5) is 0 Å². The average molecular weight is 423 g/mol. The first-order valence-electron chi connectivity index (χ1n) is 11.3. The van der Waals surface area contributed by atoms with E-state index in [1.54, 1.807) is 0 Å². The van der Waals surface area contributed by atoms with Crippen LogP contribution in [0, 0.1) is 5.92 Å². The van der Waals surface area contributed by atoms with Crippen molar-refractivity contribution >= 4 is 22.5 Å². The molecule has 1 aliphatic heterocycles. The van der Waals surface area contributed by atoms with E-state index >= 15 is 0 Å². The number of ether oxygens (including phenoxy) is 1. The van der Waals surface area contributed by atoms with E-state index in [-0.39, 0.29) is 6.10 Å². The van der Waals surface area contributed by atoms with Crippen LogP contribution in [-0.2, 0) is 12.8 Å². The molecule has 0 bridgehead atoms. The van der Waals surface area contributed by atoms with Gasteiger partial charge in [0.1, 0.15) is 5.75 Å². The zero-order valence-electron chi connectivity index (χ0n) is 18.0. The number of halogens is 1. The van der Waals surface area contributed by atoms with Gasteiger partial charge in [0.15, 0.2) is 0 Å². The van der Waals surface area contributed by atoms with E-state index < -0.39 is 0 Å². The molecule has 1 fully saturated rings. The van der Waals surface area contributed by atoms with Gasteiger partial charge >= 0.3 is 0 Å². The SMILES string of the molecule is CC(C)Oc1ccc2c(c1)CC(CN1CCC(c3c[nH]c4cc(Cl)ccc34)CC1)C2. The number of hydrogen-bond acceptors (Lipinski definition) is 2. The van der Waals surface area contributed by atoms with Crippen LogP contribution >= 0.6 is 11.6 Å². The standard InChI is InChI=1S/C26H31ClN2O/c1-17(2)30-23-5-3-20-11-18(12-21(20)13-23)16-29-9-7-19(8-10-29)25-15-28-26-14-22(27)4-6-24(25)26/h3-6,13-15,17-19,28H,7-12,16H2,1-2H3. The fourth-order valence-corrected chi connectivity index (χ4v) is 5.58. The maximum Gasteiger partial charge on any atom is 0.119 e. The number of piperidine rings is 1. The largest absolute Gasteiger partial charge is 0.491 e. The Morgan fingerprint density at radius 2 is 1.87 bits per heavy atom. The quantitative estimate of drug-likeness (QED) is 0.529. The second-order valence-electron chi connectivity index (χ2n) is 9.38. The molecule has 158 valence electrons. The summed E-state index contributed by atoms with van der Waals surface area (Å²) in [5.41, 5.74) is 5.63. The number of hydrogen-bond donors (Lipinski definition) is 1. The predicted molar refractivity (Wildman–Crippen MR) is 125 cm³/mol. The number of benzene rings is 2. The van der Waals surface area contributed by atoms with E-state index in [0.29, 0.717) is 5.92 Å². The zero-order valence-corrected chi connectivity index (χ0v) is 18.7. The number of aromatic nitrogens is 1. The van der Waals surface area contributed by atoms with Gasteiger partial charge in [0.25, 0.3) is 0 Å². The molecule has 2 aromatic carbocycles. The molecule has 2 heterocycles. The number of nitrogens with zero attached hydrogens (tertiary/aromatic N) is 1. The average Bonchev–Trinajstić information content (AvgIpc) is 3.31. The van der Waals surface area contributed by atoms with Gasteiger partial charge in [-0.1, -0.05) is 23.7 Å². The van der Waals surface area contributed by atoms with E-state index in [1.807, 2.05) is 12.1 Å². The number of likely N-dealkylation sites (tertiary alicyclic amines) is 1. The maximum absolute atomic E-state index is 6.14. The van der Waals surface area contributed by atoms with Crippen molar-refractivity contribution in [2.24, 2.45) is 5.92 Å². The minimum atomic E-state index is 0.232. The van der Waals surface area contributed by atoms with Gasteiger partial charge in [-0.2, -0.15) is 0 Å². The topological polar surface area (TPSA) is 28.3 Å². The highest BCUT2D eigenvalue weighted by molar-refractivity contribution is 6.31. The Morgan fingerprint density at radius 1 is 1.07 bits per heavy atom. The lowest BCUT2D eigenvalue weighted by molar-refractivity contribution is 0.185. The van der Waals surface area contributed by atoms with Gasteiger partial charge < -0.3 is 14.6 Å². The normalized spacial score (nSPS) is 20.2. The van der Waals surface area contributed by atoms with E-state index in [1.165, 1.54) is 67.4 Å². The number of aromatic amines is 1. The molecule has 1 aliphatic carbocycles. The van der Waals surface area contributed by atoms with E-state index in [2.05, 4.69) is 54.2 Å². The molecule has 3 nitrogen and oxygen atoms in total. The van der Waals surface area contributed by atoms with Crippen LogP contribution in [0.3, 0.4) is 0 Å². The van der Waals surface area contributed by atoms with Crippen molar-refractivity contribution in [2.75, 3.05) is 19.6 Å². The molecule has 1 aromatic heterocycles.